The smallest absolute Gasteiger partial charge is 0.313 e. The van der Waals surface area contributed by atoms with E-state index in [9.17, 15) is 9.59 Å². The number of aryl methyl sites for hydroxylation is 3. The normalized spacial score (nSPS) is 11.3. The van der Waals surface area contributed by atoms with Gasteiger partial charge in [0.05, 0.1) is 0 Å². The van der Waals surface area contributed by atoms with E-state index in [1.54, 1.807) is 18.8 Å². The van der Waals surface area contributed by atoms with Gasteiger partial charge in [-0.3, -0.25) is 14.3 Å². The lowest BCUT2D eigenvalue weighted by Gasteiger charge is -2.08. The lowest BCUT2D eigenvalue weighted by molar-refractivity contribution is 0.577. The van der Waals surface area contributed by atoms with E-state index in [0.717, 1.165) is 36.7 Å². The fourth-order valence-electron chi connectivity index (χ4n) is 2.88. The van der Waals surface area contributed by atoms with E-state index in [0.29, 0.717) is 11.2 Å². The number of imidazole rings is 1. The first-order valence-corrected chi connectivity index (χ1v) is 9.87. The maximum absolute atomic E-state index is 12.4. The molecule has 0 amide bonds. The molecule has 0 fully saturated rings. The molecule has 0 radical (unpaired) electrons. The van der Waals surface area contributed by atoms with Crippen LogP contribution in [0, 0.1) is 6.92 Å². The third-order valence-electron chi connectivity index (χ3n) is 4.45. The highest BCUT2D eigenvalue weighted by Gasteiger charge is 2.17. The van der Waals surface area contributed by atoms with Crippen LogP contribution in [0.3, 0.4) is 0 Å². The summed E-state index contributed by atoms with van der Waals surface area (Å²) < 4.78 is 3.37. The molecule has 0 aliphatic rings. The van der Waals surface area contributed by atoms with E-state index in [1.807, 2.05) is 4.57 Å². The van der Waals surface area contributed by atoms with Crippen LogP contribution in [0.15, 0.2) is 39.0 Å². The molecule has 0 atom stereocenters. The summed E-state index contributed by atoms with van der Waals surface area (Å²) >= 11 is 1.60. The van der Waals surface area contributed by atoms with E-state index < -0.39 is 5.69 Å². The Hall–Kier alpha value is -2.28. The van der Waals surface area contributed by atoms with Gasteiger partial charge in [0.2, 0.25) is 0 Å². The van der Waals surface area contributed by atoms with Crippen LogP contribution in [0.2, 0.25) is 0 Å². The molecule has 1 aromatic carbocycles. The number of thioether (sulfide) groups is 1. The number of aromatic nitrogens is 4. The first-order chi connectivity index (χ1) is 12.5. The summed E-state index contributed by atoms with van der Waals surface area (Å²) in [6, 6.07) is 8.40. The lowest BCUT2D eigenvalue weighted by Crippen LogP contribution is -2.29. The quantitative estimate of drug-likeness (QED) is 0.510. The van der Waals surface area contributed by atoms with Gasteiger partial charge in [0.15, 0.2) is 16.3 Å². The van der Waals surface area contributed by atoms with Gasteiger partial charge in [-0.15, -0.1) is 0 Å². The number of rotatable bonds is 7. The van der Waals surface area contributed by atoms with Crippen LogP contribution < -0.4 is 11.2 Å². The summed E-state index contributed by atoms with van der Waals surface area (Å²) in [7, 11) is 1.64. The van der Waals surface area contributed by atoms with E-state index in [2.05, 4.69) is 48.1 Å². The molecular formula is C19H24N4O2S. The Morgan fingerprint density at radius 3 is 2.58 bits per heavy atom. The minimum Gasteiger partial charge on any atom is -0.313 e. The number of benzene rings is 1. The first kappa shape index (κ1) is 18.5. The zero-order chi connectivity index (χ0) is 18.7. The SMILES string of the molecule is CCCCCn1c(SCc2ccc(C)cc2)nc2c1c(=O)[nH]c(=O)n2C. The molecule has 6 nitrogen and oxygen atoms in total. The second-order valence-electron chi connectivity index (χ2n) is 6.52. The van der Waals surface area contributed by atoms with Crippen molar-refractivity contribution in [1.82, 2.24) is 19.1 Å². The van der Waals surface area contributed by atoms with Crippen molar-refractivity contribution in [2.45, 2.75) is 50.6 Å². The maximum atomic E-state index is 12.4. The monoisotopic (exact) mass is 372 g/mol. The third-order valence-corrected chi connectivity index (χ3v) is 5.49. The number of nitrogens with one attached hydrogen (secondary N) is 1. The van der Waals surface area contributed by atoms with Crippen LogP contribution in [0.5, 0.6) is 0 Å². The molecule has 2 heterocycles. The zero-order valence-corrected chi connectivity index (χ0v) is 16.2. The number of aromatic amines is 1. The Balaban J connectivity index is 1.99. The van der Waals surface area contributed by atoms with Gasteiger partial charge in [0.1, 0.15) is 0 Å². The van der Waals surface area contributed by atoms with Gasteiger partial charge in [0, 0.05) is 19.3 Å². The summed E-state index contributed by atoms with van der Waals surface area (Å²) in [5.74, 6) is 0.767. The van der Waals surface area contributed by atoms with Gasteiger partial charge >= 0.3 is 5.69 Å². The van der Waals surface area contributed by atoms with Gasteiger partial charge in [-0.1, -0.05) is 61.4 Å². The van der Waals surface area contributed by atoms with Crippen LogP contribution in [0.4, 0.5) is 0 Å². The number of unbranched alkanes of at least 4 members (excludes halogenated alkanes) is 2. The molecule has 0 bridgehead atoms. The molecule has 138 valence electrons. The summed E-state index contributed by atoms with van der Waals surface area (Å²) in [6.45, 7) is 4.94. The van der Waals surface area contributed by atoms with E-state index in [-0.39, 0.29) is 5.56 Å². The van der Waals surface area contributed by atoms with E-state index in [4.69, 9.17) is 0 Å². The Labute approximate surface area is 156 Å². The molecule has 1 N–H and O–H groups in total. The molecule has 2 aromatic heterocycles. The Bertz CT molecular complexity index is 1010. The van der Waals surface area contributed by atoms with Crippen LogP contribution in [-0.2, 0) is 19.3 Å². The standard InChI is InChI=1S/C19H24N4O2S/c1-4-5-6-11-23-15-16(22(3)18(25)21-17(15)24)20-19(23)26-12-14-9-7-13(2)8-10-14/h7-10H,4-6,11-12H2,1-3H3,(H,21,24,25). The average Bonchev–Trinajstić information content (AvgIpc) is 2.99. The van der Waals surface area contributed by atoms with Crippen LogP contribution in [-0.4, -0.2) is 19.1 Å². The van der Waals surface area contributed by atoms with Crippen molar-refractivity contribution < 1.29 is 0 Å². The Morgan fingerprint density at radius 1 is 1.15 bits per heavy atom. The topological polar surface area (TPSA) is 72.7 Å². The minimum atomic E-state index is -0.434. The highest BCUT2D eigenvalue weighted by atomic mass is 32.2. The van der Waals surface area contributed by atoms with Crippen LogP contribution >= 0.6 is 11.8 Å². The van der Waals surface area contributed by atoms with E-state index >= 15 is 0 Å². The van der Waals surface area contributed by atoms with Crippen molar-refractivity contribution in [3.8, 4) is 0 Å². The van der Waals surface area contributed by atoms with Crippen LogP contribution in [0.1, 0.15) is 37.3 Å². The highest BCUT2D eigenvalue weighted by Crippen LogP contribution is 2.25. The van der Waals surface area contributed by atoms with Gasteiger partial charge in [-0.05, 0) is 18.9 Å². The summed E-state index contributed by atoms with van der Waals surface area (Å²) in [4.78, 5) is 31.3. The van der Waals surface area contributed by atoms with Crippen molar-refractivity contribution in [3.05, 3.63) is 56.2 Å². The molecule has 0 spiro atoms. The fourth-order valence-corrected chi connectivity index (χ4v) is 3.86. The number of nitrogens with zero attached hydrogens (tertiary/aromatic N) is 3. The van der Waals surface area contributed by atoms with Crippen molar-refractivity contribution in [3.63, 3.8) is 0 Å². The molecule has 7 heteroatoms. The summed E-state index contributed by atoms with van der Waals surface area (Å²) in [5.41, 5.74) is 2.56. The second kappa shape index (κ2) is 7.95. The van der Waals surface area contributed by atoms with Crippen LogP contribution in [0.25, 0.3) is 11.2 Å². The molecule has 3 aromatic rings. The van der Waals surface area contributed by atoms with Crippen molar-refractivity contribution in [2.24, 2.45) is 7.05 Å². The number of hydrogen-bond donors (Lipinski definition) is 1. The number of H-pyrrole nitrogens is 1. The molecule has 3 rings (SSSR count). The highest BCUT2D eigenvalue weighted by molar-refractivity contribution is 7.98. The average molecular weight is 372 g/mol. The first-order valence-electron chi connectivity index (χ1n) is 8.89. The summed E-state index contributed by atoms with van der Waals surface area (Å²) in [5, 5.41) is 0.781. The summed E-state index contributed by atoms with van der Waals surface area (Å²) in [6.07, 6.45) is 3.17. The molecule has 0 aliphatic heterocycles. The van der Waals surface area contributed by atoms with Crippen molar-refractivity contribution >= 4 is 22.9 Å². The largest absolute Gasteiger partial charge is 0.329 e. The Kier molecular flexibility index (Phi) is 5.66. The van der Waals surface area contributed by atoms with Crippen molar-refractivity contribution in [2.75, 3.05) is 0 Å². The van der Waals surface area contributed by atoms with E-state index in [1.165, 1.54) is 15.7 Å². The molecule has 0 aliphatic carbocycles. The predicted molar refractivity (Wildman–Crippen MR) is 106 cm³/mol. The molecular weight excluding hydrogens is 348 g/mol. The maximum Gasteiger partial charge on any atom is 0.329 e. The fraction of sp³-hybridized carbons (Fsp3) is 0.421. The molecule has 0 saturated carbocycles. The third kappa shape index (κ3) is 3.77. The molecule has 26 heavy (non-hydrogen) atoms. The van der Waals surface area contributed by atoms with Crippen molar-refractivity contribution in [1.29, 1.82) is 0 Å². The Morgan fingerprint density at radius 2 is 1.88 bits per heavy atom. The van der Waals surface area contributed by atoms with Gasteiger partial charge in [0.25, 0.3) is 5.56 Å². The predicted octanol–water partition coefficient (Wildman–Crippen LogP) is 3.21. The lowest BCUT2D eigenvalue weighted by atomic mass is 10.2. The minimum absolute atomic E-state index is 0.366. The van der Waals surface area contributed by atoms with Gasteiger partial charge < -0.3 is 4.57 Å². The number of hydrogen-bond acceptors (Lipinski definition) is 4. The molecule has 0 saturated heterocycles. The zero-order valence-electron chi connectivity index (χ0n) is 15.4. The van der Waals surface area contributed by atoms with Gasteiger partial charge in [-0.25, -0.2) is 9.78 Å². The molecule has 0 unspecified atom stereocenters. The number of fused-ring (bicyclic) bond motifs is 1. The second-order valence-corrected chi connectivity index (χ2v) is 7.46. The van der Waals surface area contributed by atoms with Gasteiger partial charge in [-0.2, -0.15) is 0 Å².